The summed E-state index contributed by atoms with van der Waals surface area (Å²) in [5, 5.41) is 22.2. The standard InChI is InChI=1S/C13H16N2O8/c1-21-9-4-7(8(15(19)20)5-10(9)22-2)12(16)14-6-11(23-3)13(17)18/h4-5,11H,6H2,1-3H3,(H,14,16)(H,17,18). The van der Waals surface area contributed by atoms with Crippen LogP contribution in [0, 0.1) is 10.1 Å². The lowest BCUT2D eigenvalue weighted by molar-refractivity contribution is -0.385. The van der Waals surface area contributed by atoms with Gasteiger partial charge in [0.25, 0.3) is 11.6 Å². The largest absolute Gasteiger partial charge is 0.493 e. The number of amides is 1. The van der Waals surface area contributed by atoms with Crippen molar-refractivity contribution in [2.24, 2.45) is 0 Å². The average molecular weight is 328 g/mol. The maximum atomic E-state index is 12.1. The Labute approximate surface area is 131 Å². The van der Waals surface area contributed by atoms with Crippen LogP contribution in [0.3, 0.4) is 0 Å². The molecule has 2 N–H and O–H groups in total. The molecular weight excluding hydrogens is 312 g/mol. The van der Waals surface area contributed by atoms with Gasteiger partial charge in [-0.05, 0) is 0 Å². The highest BCUT2D eigenvalue weighted by Crippen LogP contribution is 2.34. The maximum absolute atomic E-state index is 12.1. The number of hydrogen-bond acceptors (Lipinski definition) is 7. The average Bonchev–Trinajstić information content (AvgIpc) is 2.53. The van der Waals surface area contributed by atoms with E-state index >= 15 is 0 Å². The second-order valence-corrected chi connectivity index (χ2v) is 4.25. The number of benzene rings is 1. The second-order valence-electron chi connectivity index (χ2n) is 4.25. The summed E-state index contributed by atoms with van der Waals surface area (Å²) in [6.07, 6.45) is -1.27. The molecule has 10 nitrogen and oxygen atoms in total. The van der Waals surface area contributed by atoms with E-state index in [1.165, 1.54) is 21.3 Å². The van der Waals surface area contributed by atoms with Gasteiger partial charge in [-0.2, -0.15) is 0 Å². The summed E-state index contributed by atoms with van der Waals surface area (Å²) >= 11 is 0. The number of hydrogen-bond donors (Lipinski definition) is 2. The van der Waals surface area contributed by atoms with Gasteiger partial charge in [-0.3, -0.25) is 14.9 Å². The molecule has 0 saturated heterocycles. The van der Waals surface area contributed by atoms with Crippen LogP contribution in [-0.2, 0) is 9.53 Å². The van der Waals surface area contributed by atoms with Crippen molar-refractivity contribution in [1.29, 1.82) is 0 Å². The molecule has 0 heterocycles. The van der Waals surface area contributed by atoms with Gasteiger partial charge in [0.05, 0.1) is 31.8 Å². The number of nitrogens with one attached hydrogen (secondary N) is 1. The van der Waals surface area contributed by atoms with Gasteiger partial charge in [-0.25, -0.2) is 4.79 Å². The lowest BCUT2D eigenvalue weighted by Gasteiger charge is -2.13. The van der Waals surface area contributed by atoms with Crippen LogP contribution >= 0.6 is 0 Å². The van der Waals surface area contributed by atoms with Crippen LogP contribution in [0.2, 0.25) is 0 Å². The molecule has 1 aromatic carbocycles. The van der Waals surface area contributed by atoms with Crippen molar-refractivity contribution in [3.8, 4) is 11.5 Å². The number of carboxylic acids is 1. The summed E-state index contributed by atoms with van der Waals surface area (Å²) in [6.45, 7) is -0.351. The monoisotopic (exact) mass is 328 g/mol. The Kier molecular flexibility index (Phi) is 6.27. The van der Waals surface area contributed by atoms with Crippen molar-refractivity contribution < 1.29 is 33.8 Å². The van der Waals surface area contributed by atoms with E-state index in [2.05, 4.69) is 10.1 Å². The van der Waals surface area contributed by atoms with Crippen molar-refractivity contribution >= 4 is 17.6 Å². The van der Waals surface area contributed by atoms with Gasteiger partial charge in [0.15, 0.2) is 17.6 Å². The Hall–Kier alpha value is -2.88. The number of rotatable bonds is 8. The molecule has 0 radical (unpaired) electrons. The third-order valence-electron chi connectivity index (χ3n) is 2.95. The summed E-state index contributed by atoms with van der Waals surface area (Å²) < 4.78 is 14.6. The molecule has 1 unspecified atom stereocenters. The highest BCUT2D eigenvalue weighted by Gasteiger charge is 2.26. The molecule has 0 bridgehead atoms. The first-order valence-corrected chi connectivity index (χ1v) is 6.29. The highest BCUT2D eigenvalue weighted by molar-refractivity contribution is 5.99. The van der Waals surface area contributed by atoms with E-state index in [-0.39, 0.29) is 23.6 Å². The van der Waals surface area contributed by atoms with E-state index in [1.807, 2.05) is 0 Å². The molecule has 1 rings (SSSR count). The van der Waals surface area contributed by atoms with Crippen molar-refractivity contribution in [1.82, 2.24) is 5.32 Å². The molecule has 126 valence electrons. The molecule has 0 spiro atoms. The van der Waals surface area contributed by atoms with Crippen LogP contribution in [0.4, 0.5) is 5.69 Å². The van der Waals surface area contributed by atoms with E-state index in [9.17, 15) is 19.7 Å². The van der Waals surface area contributed by atoms with E-state index in [4.69, 9.17) is 14.6 Å². The normalized spacial score (nSPS) is 11.4. The smallest absolute Gasteiger partial charge is 0.334 e. The summed E-state index contributed by atoms with van der Waals surface area (Å²) in [7, 11) is 3.79. The zero-order valence-electron chi connectivity index (χ0n) is 12.7. The van der Waals surface area contributed by atoms with Gasteiger partial charge < -0.3 is 24.6 Å². The minimum Gasteiger partial charge on any atom is -0.493 e. The minimum absolute atomic E-state index is 0.0936. The minimum atomic E-state index is -1.27. The van der Waals surface area contributed by atoms with E-state index < -0.39 is 28.6 Å². The summed E-state index contributed by atoms with van der Waals surface area (Å²) in [5.41, 5.74) is -0.780. The number of carbonyl (C=O) groups excluding carboxylic acids is 1. The number of ether oxygens (including phenoxy) is 3. The van der Waals surface area contributed by atoms with E-state index in [0.717, 1.165) is 12.1 Å². The Bertz CT molecular complexity index is 616. The van der Waals surface area contributed by atoms with Gasteiger partial charge in [-0.1, -0.05) is 0 Å². The van der Waals surface area contributed by atoms with Gasteiger partial charge >= 0.3 is 5.97 Å². The van der Waals surface area contributed by atoms with E-state index in [0.29, 0.717) is 0 Å². The fraction of sp³-hybridized carbons (Fsp3) is 0.385. The van der Waals surface area contributed by atoms with Crippen LogP contribution in [-0.4, -0.2) is 55.9 Å². The highest BCUT2D eigenvalue weighted by atomic mass is 16.6. The predicted molar refractivity (Wildman–Crippen MR) is 77.0 cm³/mol. The first-order valence-electron chi connectivity index (χ1n) is 6.29. The molecule has 1 atom stereocenters. The van der Waals surface area contributed by atoms with Crippen LogP contribution in [0.25, 0.3) is 0 Å². The number of nitro groups is 1. The molecule has 10 heteroatoms. The zero-order valence-corrected chi connectivity index (χ0v) is 12.7. The number of aliphatic carboxylic acids is 1. The third kappa shape index (κ3) is 4.30. The second kappa shape index (κ2) is 7.94. The summed E-state index contributed by atoms with van der Waals surface area (Å²) in [6, 6.07) is 2.20. The Morgan fingerprint density at radius 1 is 1.26 bits per heavy atom. The Balaban J connectivity index is 3.11. The Morgan fingerprint density at radius 3 is 2.26 bits per heavy atom. The Morgan fingerprint density at radius 2 is 1.83 bits per heavy atom. The van der Waals surface area contributed by atoms with Gasteiger partial charge in [-0.15, -0.1) is 0 Å². The van der Waals surface area contributed by atoms with Crippen LogP contribution < -0.4 is 14.8 Å². The maximum Gasteiger partial charge on any atom is 0.334 e. The van der Waals surface area contributed by atoms with Crippen molar-refractivity contribution in [3.05, 3.63) is 27.8 Å². The first kappa shape index (κ1) is 18.2. The molecule has 1 amide bonds. The van der Waals surface area contributed by atoms with Crippen molar-refractivity contribution in [2.45, 2.75) is 6.10 Å². The molecule has 0 fully saturated rings. The molecule has 0 aliphatic carbocycles. The lowest BCUT2D eigenvalue weighted by Crippen LogP contribution is -2.38. The van der Waals surface area contributed by atoms with Crippen LogP contribution in [0.15, 0.2) is 12.1 Å². The quantitative estimate of drug-likeness (QED) is 0.518. The summed E-state index contributed by atoms with van der Waals surface area (Å²) in [4.78, 5) is 33.3. The van der Waals surface area contributed by atoms with E-state index in [1.54, 1.807) is 0 Å². The van der Waals surface area contributed by atoms with Gasteiger partial charge in [0.1, 0.15) is 5.56 Å². The summed E-state index contributed by atoms with van der Waals surface area (Å²) in [5.74, 6) is -1.88. The number of nitro benzene ring substituents is 1. The number of carboxylic acid groups (broad SMARTS) is 1. The molecular formula is C13H16N2O8. The molecule has 0 aliphatic heterocycles. The lowest BCUT2D eigenvalue weighted by atomic mass is 10.1. The first-order chi connectivity index (χ1) is 10.8. The molecule has 1 aromatic rings. The number of methoxy groups -OCH3 is 3. The zero-order chi connectivity index (χ0) is 17.6. The van der Waals surface area contributed by atoms with Crippen LogP contribution in [0.5, 0.6) is 11.5 Å². The van der Waals surface area contributed by atoms with Crippen LogP contribution in [0.1, 0.15) is 10.4 Å². The molecule has 0 saturated carbocycles. The van der Waals surface area contributed by atoms with Crippen molar-refractivity contribution in [3.63, 3.8) is 0 Å². The fourth-order valence-electron chi connectivity index (χ4n) is 1.75. The van der Waals surface area contributed by atoms with Crippen molar-refractivity contribution in [2.75, 3.05) is 27.9 Å². The fourth-order valence-corrected chi connectivity index (χ4v) is 1.75. The van der Waals surface area contributed by atoms with Gasteiger partial charge in [0, 0.05) is 13.2 Å². The third-order valence-corrected chi connectivity index (χ3v) is 2.95. The number of carbonyl (C=O) groups is 2. The molecule has 0 aromatic heterocycles. The predicted octanol–water partition coefficient (Wildman–Crippen LogP) is 0.441. The topological polar surface area (TPSA) is 137 Å². The SMILES string of the molecule is COc1cc(C(=O)NCC(OC)C(=O)O)c([N+](=O)[O-])cc1OC. The molecule has 0 aliphatic rings. The number of nitrogens with zero attached hydrogens (tertiary/aromatic N) is 1. The molecule has 23 heavy (non-hydrogen) atoms. The van der Waals surface area contributed by atoms with Gasteiger partial charge in [0.2, 0.25) is 0 Å².